The van der Waals surface area contributed by atoms with E-state index in [0.717, 1.165) is 101 Å². The number of fused-ring (bicyclic) bond motifs is 7. The van der Waals surface area contributed by atoms with Gasteiger partial charge in [-0.2, -0.15) is 0 Å². The maximum absolute atomic E-state index is 7.06. The second kappa shape index (κ2) is 13.8. The highest BCUT2D eigenvalue weighted by molar-refractivity contribution is 6.98. The lowest BCUT2D eigenvalue weighted by Crippen LogP contribution is -2.57. The number of para-hydroxylation sites is 2. The van der Waals surface area contributed by atoms with E-state index in [9.17, 15) is 0 Å². The highest BCUT2D eigenvalue weighted by Crippen LogP contribution is 2.47. The lowest BCUT2D eigenvalue weighted by Gasteiger charge is -2.35. The SMILES string of the molecule is c1ccc(-c2ccc3c(c2)Oc2cc(N(c4ccc(C5CCCCC5)cc4)c4cccc5c4oc4ccccc45)cc4c2B3c2ccc(-c3ccccc3)cc2O4)cc1. The normalized spacial score (nSPS) is 14.3. The van der Waals surface area contributed by atoms with Crippen molar-refractivity contribution in [2.75, 3.05) is 4.90 Å². The Morgan fingerprint density at radius 3 is 1.69 bits per heavy atom. The van der Waals surface area contributed by atoms with Gasteiger partial charge in [-0.1, -0.05) is 147 Å². The molecule has 0 bridgehead atoms. The van der Waals surface area contributed by atoms with Crippen LogP contribution in [0.5, 0.6) is 23.0 Å². The van der Waals surface area contributed by atoms with E-state index in [2.05, 4.69) is 175 Å². The van der Waals surface area contributed by atoms with Gasteiger partial charge in [0.2, 0.25) is 0 Å². The number of furan rings is 1. The van der Waals surface area contributed by atoms with Gasteiger partial charge >= 0.3 is 0 Å². The number of nitrogens with zero attached hydrogens (tertiary/aromatic N) is 1. The summed E-state index contributed by atoms with van der Waals surface area (Å²) < 4.78 is 20.8. The van der Waals surface area contributed by atoms with Gasteiger partial charge in [0.05, 0.1) is 11.4 Å². The van der Waals surface area contributed by atoms with Crippen molar-refractivity contribution in [2.24, 2.45) is 0 Å². The molecule has 4 nitrogen and oxygen atoms in total. The molecule has 1 saturated carbocycles. The van der Waals surface area contributed by atoms with Crippen molar-refractivity contribution in [3.05, 3.63) is 181 Å². The van der Waals surface area contributed by atoms with Gasteiger partial charge in [0.25, 0.3) is 6.71 Å². The van der Waals surface area contributed by atoms with Crippen molar-refractivity contribution in [1.82, 2.24) is 0 Å². The van der Waals surface area contributed by atoms with Gasteiger partial charge in [0.15, 0.2) is 5.58 Å². The van der Waals surface area contributed by atoms with E-state index < -0.39 is 0 Å². The first-order valence-corrected chi connectivity index (χ1v) is 21.0. The predicted molar refractivity (Wildman–Crippen MR) is 243 cm³/mol. The summed E-state index contributed by atoms with van der Waals surface area (Å²) in [7, 11) is 0. The van der Waals surface area contributed by atoms with E-state index >= 15 is 0 Å². The largest absolute Gasteiger partial charge is 0.458 e. The average molecular weight is 762 g/mol. The summed E-state index contributed by atoms with van der Waals surface area (Å²) >= 11 is 0. The molecular formula is C54H40BNO3. The van der Waals surface area contributed by atoms with Crippen LogP contribution in [-0.2, 0) is 0 Å². The minimum absolute atomic E-state index is 0.0711. The maximum atomic E-state index is 7.06. The molecule has 0 atom stereocenters. The zero-order valence-corrected chi connectivity index (χ0v) is 32.6. The monoisotopic (exact) mass is 761 g/mol. The fourth-order valence-electron chi connectivity index (χ4n) is 9.90. The molecule has 1 fully saturated rings. The van der Waals surface area contributed by atoms with Gasteiger partial charge in [-0.15, -0.1) is 0 Å². The summed E-state index contributed by atoms with van der Waals surface area (Å²) in [5.41, 5.74) is 13.9. The molecule has 59 heavy (non-hydrogen) atoms. The highest BCUT2D eigenvalue weighted by atomic mass is 16.5. The van der Waals surface area contributed by atoms with Crippen LogP contribution < -0.4 is 30.8 Å². The van der Waals surface area contributed by atoms with E-state index in [4.69, 9.17) is 13.9 Å². The Morgan fingerprint density at radius 2 is 1.05 bits per heavy atom. The molecule has 0 amide bonds. The Hall–Kier alpha value is -6.98. The molecule has 1 aliphatic carbocycles. The van der Waals surface area contributed by atoms with Gasteiger partial charge in [-0.3, -0.25) is 0 Å². The number of ether oxygens (including phenoxy) is 2. The van der Waals surface area contributed by atoms with Gasteiger partial charge in [-0.25, -0.2) is 0 Å². The molecule has 12 rings (SSSR count). The molecule has 3 heterocycles. The smallest absolute Gasteiger partial charge is 0.260 e. The number of benzene rings is 8. The summed E-state index contributed by atoms with van der Waals surface area (Å²) in [5, 5.41) is 2.18. The zero-order chi connectivity index (χ0) is 38.9. The van der Waals surface area contributed by atoms with Crippen molar-refractivity contribution >= 4 is 62.1 Å². The Morgan fingerprint density at radius 1 is 0.458 bits per heavy atom. The third-order valence-electron chi connectivity index (χ3n) is 12.8. The number of hydrogen-bond acceptors (Lipinski definition) is 4. The second-order valence-electron chi connectivity index (χ2n) is 16.2. The third-order valence-corrected chi connectivity index (χ3v) is 12.8. The topological polar surface area (TPSA) is 34.8 Å². The first kappa shape index (κ1) is 34.1. The molecule has 0 saturated heterocycles. The van der Waals surface area contributed by atoms with Crippen LogP contribution in [0.1, 0.15) is 43.6 Å². The van der Waals surface area contributed by atoms with Crippen LogP contribution in [0.3, 0.4) is 0 Å². The van der Waals surface area contributed by atoms with Crippen LogP contribution in [0.2, 0.25) is 0 Å². The first-order chi connectivity index (χ1) is 29.2. The zero-order valence-electron chi connectivity index (χ0n) is 32.6. The standard InChI is InChI=1S/C54H40BNO3/c1-4-13-35(14-5-1)38-23-27-41(28-24-38)56(47-21-12-20-44-43-19-10-11-22-48(43)59-54(44)47)42-33-51-53-52(34-42)58-50-32-40(37-17-8-3-9-18-37)26-30-46(50)55(53)45-29-25-39(31-49(45)57-51)36-15-6-2-7-16-36/h2-3,6-12,15-35H,1,4-5,13-14H2. The van der Waals surface area contributed by atoms with Crippen molar-refractivity contribution in [3.8, 4) is 45.3 Å². The summed E-state index contributed by atoms with van der Waals surface area (Å²) in [6.07, 6.45) is 6.46. The highest BCUT2D eigenvalue weighted by Gasteiger charge is 2.41. The Kier molecular flexibility index (Phi) is 8.00. The summed E-state index contributed by atoms with van der Waals surface area (Å²) in [6, 6.07) is 62.8. The lowest BCUT2D eigenvalue weighted by atomic mass is 9.34. The van der Waals surface area contributed by atoms with E-state index in [1.54, 1.807) is 0 Å². The maximum Gasteiger partial charge on any atom is 0.260 e. The van der Waals surface area contributed by atoms with Crippen LogP contribution in [0, 0.1) is 0 Å². The van der Waals surface area contributed by atoms with E-state index in [1.165, 1.54) is 37.7 Å². The number of rotatable bonds is 6. The number of anilines is 3. The average Bonchev–Trinajstić information content (AvgIpc) is 3.69. The van der Waals surface area contributed by atoms with Crippen molar-refractivity contribution in [2.45, 2.75) is 38.0 Å². The van der Waals surface area contributed by atoms with E-state index in [0.29, 0.717) is 5.92 Å². The summed E-state index contributed by atoms with van der Waals surface area (Å²) in [4.78, 5) is 2.32. The molecule has 1 aromatic heterocycles. The molecule has 0 N–H and O–H groups in total. The van der Waals surface area contributed by atoms with Gasteiger partial charge < -0.3 is 18.8 Å². The molecule has 8 aromatic carbocycles. The van der Waals surface area contributed by atoms with Crippen LogP contribution in [0.4, 0.5) is 17.1 Å². The Bertz CT molecular complexity index is 2930. The lowest BCUT2D eigenvalue weighted by molar-refractivity contribution is 0.443. The van der Waals surface area contributed by atoms with Gasteiger partial charge in [-0.05, 0) is 93.9 Å². The molecular weight excluding hydrogens is 721 g/mol. The Labute approximate surface area is 344 Å². The fourth-order valence-corrected chi connectivity index (χ4v) is 9.90. The van der Waals surface area contributed by atoms with E-state index in [1.807, 2.05) is 6.07 Å². The summed E-state index contributed by atoms with van der Waals surface area (Å²) in [5.74, 6) is 3.90. The van der Waals surface area contributed by atoms with Crippen LogP contribution in [0.25, 0.3) is 44.2 Å². The molecule has 282 valence electrons. The van der Waals surface area contributed by atoms with Gasteiger partial charge in [0, 0.05) is 34.1 Å². The molecule has 3 aliphatic rings. The molecule has 2 aliphatic heterocycles. The fraction of sp³-hybridized carbons (Fsp3) is 0.111. The predicted octanol–water partition coefficient (Wildman–Crippen LogP) is 13.2. The van der Waals surface area contributed by atoms with Gasteiger partial charge in [0.1, 0.15) is 28.6 Å². The summed E-state index contributed by atoms with van der Waals surface area (Å²) in [6.45, 7) is -0.0711. The quantitative estimate of drug-likeness (QED) is 0.158. The van der Waals surface area contributed by atoms with Crippen molar-refractivity contribution in [3.63, 3.8) is 0 Å². The van der Waals surface area contributed by atoms with Crippen molar-refractivity contribution in [1.29, 1.82) is 0 Å². The second-order valence-corrected chi connectivity index (χ2v) is 16.2. The molecule has 9 aromatic rings. The van der Waals surface area contributed by atoms with Crippen LogP contribution >= 0.6 is 0 Å². The first-order valence-electron chi connectivity index (χ1n) is 21.0. The molecule has 0 spiro atoms. The third kappa shape index (κ3) is 5.75. The van der Waals surface area contributed by atoms with Crippen LogP contribution in [0.15, 0.2) is 180 Å². The van der Waals surface area contributed by atoms with Crippen molar-refractivity contribution < 1.29 is 13.9 Å². The molecule has 0 unspecified atom stereocenters. The minimum Gasteiger partial charge on any atom is -0.458 e. The number of hydrogen-bond donors (Lipinski definition) is 0. The minimum atomic E-state index is -0.0711. The molecule has 5 heteroatoms. The Balaban J connectivity index is 1.06. The molecule has 0 radical (unpaired) electrons. The van der Waals surface area contributed by atoms with E-state index in [-0.39, 0.29) is 6.71 Å². The van der Waals surface area contributed by atoms with Crippen LogP contribution in [-0.4, -0.2) is 6.71 Å².